The van der Waals surface area contributed by atoms with Crippen molar-refractivity contribution in [1.82, 2.24) is 9.97 Å². The molecule has 11 nitrogen and oxygen atoms in total. The van der Waals surface area contributed by atoms with Gasteiger partial charge in [-0.1, -0.05) is 11.1 Å². The summed E-state index contributed by atoms with van der Waals surface area (Å²) in [6.45, 7) is 0.455. The Morgan fingerprint density at radius 1 is 1.25 bits per heavy atom. The number of methoxy groups -OCH3 is 1. The number of carbonyl (C=O) groups excluding carboxylic acids is 2. The minimum Gasteiger partial charge on any atom is -0.493 e. The lowest BCUT2D eigenvalue weighted by Crippen LogP contribution is -2.34. The molecule has 2 aromatic carbocycles. The van der Waals surface area contributed by atoms with E-state index in [2.05, 4.69) is 25.6 Å². The summed E-state index contributed by atoms with van der Waals surface area (Å²) in [5.41, 5.74) is 13.8. The minimum atomic E-state index is -0.902. The van der Waals surface area contributed by atoms with Crippen molar-refractivity contribution in [3.05, 3.63) is 59.5 Å². The molecule has 2 amide bonds. The molecule has 12 heteroatoms. The number of nitrogens with two attached hydrogens (primary N) is 2. The van der Waals surface area contributed by atoms with Crippen molar-refractivity contribution < 1.29 is 23.7 Å². The van der Waals surface area contributed by atoms with Gasteiger partial charge in [0, 0.05) is 18.8 Å². The van der Waals surface area contributed by atoms with Crippen LogP contribution >= 0.6 is 0 Å². The summed E-state index contributed by atoms with van der Waals surface area (Å²) in [4.78, 5) is 36.6. The number of fused-ring (bicyclic) bond motifs is 2. The standard InChI is InChI=1S/C24H23FN8O3/c1-36-18-9-12-6-8-33(19(34)11-26)17(12)10-16(18)30-24-31-22-13(5-7-28-22)23(32-24)29-15-4-2-3-14(25)20(15)21(27)35/h2-5,7,9-10H,6,8,11,26H2,1H3,(H2,27,35)(H3,28,29,30,31,32)/p+1. The Labute approximate surface area is 204 Å². The fraction of sp³-hybridized carbons (Fsp3) is 0.167. The summed E-state index contributed by atoms with van der Waals surface area (Å²) < 4.78 is 19.9. The van der Waals surface area contributed by atoms with Crippen LogP contribution in [-0.4, -0.2) is 42.0 Å². The van der Waals surface area contributed by atoms with Crippen LogP contribution < -0.4 is 36.7 Å². The molecule has 1 aliphatic rings. The largest absolute Gasteiger partial charge is 0.493 e. The van der Waals surface area contributed by atoms with E-state index in [9.17, 15) is 14.0 Å². The second-order valence-corrected chi connectivity index (χ2v) is 8.16. The summed E-state index contributed by atoms with van der Waals surface area (Å²) >= 11 is 0. The number of nitrogens with zero attached hydrogens (tertiary/aromatic N) is 2. The molecule has 184 valence electrons. The predicted octanol–water partition coefficient (Wildman–Crippen LogP) is 1.96. The fourth-order valence-corrected chi connectivity index (χ4v) is 4.33. The van der Waals surface area contributed by atoms with Gasteiger partial charge in [0.2, 0.25) is 17.4 Å². The van der Waals surface area contributed by atoms with Gasteiger partial charge in [0.25, 0.3) is 5.91 Å². The van der Waals surface area contributed by atoms with Crippen LogP contribution in [-0.2, 0) is 11.2 Å². The molecule has 0 saturated heterocycles. The number of halogens is 1. The summed E-state index contributed by atoms with van der Waals surface area (Å²) in [6, 6.07) is 9.64. The Kier molecular flexibility index (Phi) is 5.86. The number of carbonyl (C=O) groups is 2. The van der Waals surface area contributed by atoms with Crippen molar-refractivity contribution in [2.45, 2.75) is 6.42 Å². The molecule has 36 heavy (non-hydrogen) atoms. The number of hydrogen-bond donors (Lipinski definition) is 5. The van der Waals surface area contributed by atoms with Gasteiger partial charge in [0.1, 0.15) is 11.5 Å². The molecule has 4 aromatic rings. The summed E-state index contributed by atoms with van der Waals surface area (Å²) in [5.74, 6) is -0.583. The summed E-state index contributed by atoms with van der Waals surface area (Å²) in [7, 11) is 1.55. The molecular weight excluding hydrogens is 467 g/mol. The zero-order valence-electron chi connectivity index (χ0n) is 19.3. The average molecular weight is 492 g/mol. The molecule has 2 aromatic heterocycles. The van der Waals surface area contributed by atoms with E-state index in [1.165, 1.54) is 6.07 Å². The number of aromatic nitrogens is 3. The second-order valence-electron chi connectivity index (χ2n) is 8.16. The smallest absolute Gasteiger partial charge is 0.351 e. The van der Waals surface area contributed by atoms with Crippen LogP contribution in [0.2, 0.25) is 0 Å². The molecule has 0 radical (unpaired) electrons. The average Bonchev–Trinajstić information content (AvgIpc) is 3.50. The maximum atomic E-state index is 14.3. The SMILES string of the molecule is COc1cc2c(cc1Nc1nc(Nc3cccc(F)c3C(N)=O)c3cc[nH]c3[nH+]1)N(C(=O)CN)CC2. The molecule has 0 aliphatic carbocycles. The van der Waals surface area contributed by atoms with Gasteiger partial charge in [-0.3, -0.25) is 19.9 Å². The van der Waals surface area contributed by atoms with Crippen molar-refractivity contribution in [2.24, 2.45) is 11.5 Å². The van der Waals surface area contributed by atoms with Crippen LogP contribution in [0.1, 0.15) is 15.9 Å². The summed E-state index contributed by atoms with van der Waals surface area (Å²) in [5, 5.41) is 6.89. The second kappa shape index (κ2) is 9.15. The van der Waals surface area contributed by atoms with E-state index in [0.717, 1.165) is 17.3 Å². The number of benzene rings is 2. The molecule has 8 N–H and O–H groups in total. The lowest BCUT2D eigenvalue weighted by molar-refractivity contribution is -0.333. The Bertz CT molecular complexity index is 1500. The van der Waals surface area contributed by atoms with Crippen LogP contribution in [0, 0.1) is 5.82 Å². The third-order valence-corrected chi connectivity index (χ3v) is 6.01. The molecule has 0 fully saturated rings. The van der Waals surface area contributed by atoms with Crippen molar-refractivity contribution in [1.29, 1.82) is 0 Å². The third kappa shape index (κ3) is 4.03. The minimum absolute atomic E-state index is 0.0878. The fourth-order valence-electron chi connectivity index (χ4n) is 4.33. The Balaban J connectivity index is 1.55. The molecule has 0 saturated carbocycles. The highest BCUT2D eigenvalue weighted by atomic mass is 19.1. The number of rotatable bonds is 7. The summed E-state index contributed by atoms with van der Waals surface area (Å²) in [6.07, 6.45) is 2.41. The highest BCUT2D eigenvalue weighted by Gasteiger charge is 2.27. The molecule has 5 rings (SSSR count). The van der Waals surface area contributed by atoms with Gasteiger partial charge < -0.3 is 26.4 Å². The van der Waals surface area contributed by atoms with Crippen LogP contribution in [0.15, 0.2) is 42.6 Å². The van der Waals surface area contributed by atoms with Crippen molar-refractivity contribution in [3.8, 4) is 5.75 Å². The highest BCUT2D eigenvalue weighted by molar-refractivity contribution is 6.01. The van der Waals surface area contributed by atoms with Gasteiger partial charge in [-0.25, -0.2) is 9.37 Å². The molecule has 0 bridgehead atoms. The zero-order valence-corrected chi connectivity index (χ0v) is 19.3. The molecular formula is C24H24FN8O3+. The third-order valence-electron chi connectivity index (χ3n) is 6.01. The van der Waals surface area contributed by atoms with E-state index in [1.807, 2.05) is 12.1 Å². The van der Waals surface area contributed by atoms with Crippen LogP contribution in [0.4, 0.5) is 33.2 Å². The topological polar surface area (TPSA) is 166 Å². The Hall–Kier alpha value is -4.71. The first-order valence-electron chi connectivity index (χ1n) is 11.1. The van der Waals surface area contributed by atoms with Gasteiger partial charge >= 0.3 is 5.95 Å². The maximum absolute atomic E-state index is 14.3. The van der Waals surface area contributed by atoms with Crippen molar-refractivity contribution >= 4 is 51.7 Å². The van der Waals surface area contributed by atoms with E-state index in [0.29, 0.717) is 47.2 Å². The van der Waals surface area contributed by atoms with Crippen LogP contribution in [0.3, 0.4) is 0 Å². The normalized spacial score (nSPS) is 12.5. The molecule has 0 atom stereocenters. The van der Waals surface area contributed by atoms with Crippen molar-refractivity contribution in [2.75, 3.05) is 35.7 Å². The molecule has 1 aliphatic heterocycles. The number of nitrogens with one attached hydrogen (secondary N) is 4. The number of anilines is 5. The number of hydrogen-bond acceptors (Lipinski definition) is 7. The van der Waals surface area contributed by atoms with Gasteiger partial charge in [0.05, 0.1) is 36.0 Å². The Morgan fingerprint density at radius 2 is 2.08 bits per heavy atom. The zero-order chi connectivity index (χ0) is 25.4. The molecule has 3 heterocycles. The lowest BCUT2D eigenvalue weighted by Gasteiger charge is -2.18. The van der Waals surface area contributed by atoms with E-state index >= 15 is 0 Å². The predicted molar refractivity (Wildman–Crippen MR) is 132 cm³/mol. The molecule has 0 spiro atoms. The van der Waals surface area contributed by atoms with E-state index < -0.39 is 11.7 Å². The highest BCUT2D eigenvalue weighted by Crippen LogP contribution is 2.38. The first kappa shape index (κ1) is 23.1. The first-order chi connectivity index (χ1) is 17.4. The number of H-pyrrole nitrogens is 2. The molecule has 0 unspecified atom stereocenters. The first-order valence-corrected chi connectivity index (χ1v) is 11.1. The number of aromatic amines is 2. The Morgan fingerprint density at radius 3 is 2.83 bits per heavy atom. The van der Waals surface area contributed by atoms with Gasteiger partial charge in [-0.2, -0.15) is 0 Å². The number of ether oxygens (including phenoxy) is 1. The quantitative estimate of drug-likeness (QED) is 0.263. The maximum Gasteiger partial charge on any atom is 0.351 e. The van der Waals surface area contributed by atoms with E-state index in [1.54, 1.807) is 30.3 Å². The van der Waals surface area contributed by atoms with E-state index in [4.69, 9.17) is 16.2 Å². The van der Waals surface area contributed by atoms with Crippen LogP contribution in [0.25, 0.3) is 11.0 Å². The lowest BCUT2D eigenvalue weighted by atomic mass is 10.1. The number of amides is 2. The van der Waals surface area contributed by atoms with Gasteiger partial charge in [-0.15, -0.1) is 0 Å². The van der Waals surface area contributed by atoms with E-state index in [-0.39, 0.29) is 23.7 Å². The van der Waals surface area contributed by atoms with Gasteiger partial charge in [0.15, 0.2) is 5.75 Å². The van der Waals surface area contributed by atoms with Crippen molar-refractivity contribution in [3.63, 3.8) is 0 Å². The van der Waals surface area contributed by atoms with Gasteiger partial charge in [-0.05, 0) is 36.2 Å². The van der Waals surface area contributed by atoms with Crippen LogP contribution in [0.5, 0.6) is 5.75 Å². The number of primary amides is 1. The monoisotopic (exact) mass is 491 g/mol.